The summed E-state index contributed by atoms with van der Waals surface area (Å²) in [7, 11) is 4.33. The van der Waals surface area contributed by atoms with Gasteiger partial charge in [-0.1, -0.05) is 13.8 Å². The van der Waals surface area contributed by atoms with Crippen LogP contribution in [0, 0.1) is 17.3 Å². The first kappa shape index (κ1) is 24.2. The van der Waals surface area contributed by atoms with E-state index in [-0.39, 0.29) is 24.9 Å². The molecule has 0 spiro atoms. The second-order valence-corrected chi connectivity index (χ2v) is 11.0. The highest BCUT2D eigenvalue weighted by atomic mass is 16.7. The third-order valence-corrected chi connectivity index (χ3v) is 7.62. The number of hydrogen-bond acceptors (Lipinski definition) is 7. The monoisotopic (exact) mass is 460 g/mol. The molecule has 1 aromatic rings. The van der Waals surface area contributed by atoms with E-state index in [0.29, 0.717) is 41.3 Å². The molecule has 5 rings (SSSR count). The van der Waals surface area contributed by atoms with Crippen LogP contribution >= 0.6 is 0 Å². The van der Waals surface area contributed by atoms with Gasteiger partial charge < -0.3 is 28.3 Å². The normalized spacial score (nSPS) is 27.5. The Bertz CT molecular complexity index is 907. The number of hydrogen-bond donors (Lipinski definition) is 0. The number of carbonyl (C=O) groups is 1. The fourth-order valence-electron chi connectivity index (χ4n) is 5.78. The summed E-state index contributed by atoms with van der Waals surface area (Å²) in [6.45, 7) is 10.2. The Balaban J connectivity index is 1.55. The molecule has 4 atom stereocenters. The zero-order valence-corrected chi connectivity index (χ0v) is 21.2. The predicted octanol–water partition coefficient (Wildman–Crippen LogP) is 4.55. The van der Waals surface area contributed by atoms with Gasteiger partial charge in [0.05, 0.1) is 33.5 Å². The molecule has 1 saturated heterocycles. The number of carbonyl (C=O) groups excluding carboxylic acids is 1. The first-order valence-corrected chi connectivity index (χ1v) is 11.9. The van der Waals surface area contributed by atoms with Crippen LogP contribution in [0.25, 0.3) is 0 Å². The van der Waals surface area contributed by atoms with Crippen molar-refractivity contribution < 1.29 is 33.1 Å². The van der Waals surface area contributed by atoms with Crippen molar-refractivity contribution >= 4 is 13.1 Å². The summed E-state index contributed by atoms with van der Waals surface area (Å²) >= 11 is 0. The Kier molecular flexibility index (Phi) is 6.38. The summed E-state index contributed by atoms with van der Waals surface area (Å²) in [6.07, 6.45) is 3.95. The van der Waals surface area contributed by atoms with Gasteiger partial charge >= 0.3 is 13.1 Å². The van der Waals surface area contributed by atoms with Gasteiger partial charge in [0.15, 0.2) is 11.5 Å². The molecule has 4 unspecified atom stereocenters. The van der Waals surface area contributed by atoms with Crippen molar-refractivity contribution in [1.29, 1.82) is 0 Å². The lowest BCUT2D eigenvalue weighted by molar-refractivity contribution is -0.150. The highest BCUT2D eigenvalue weighted by Crippen LogP contribution is 2.61. The minimum Gasteiger partial charge on any atom is -0.495 e. The fourth-order valence-corrected chi connectivity index (χ4v) is 5.78. The minimum absolute atomic E-state index is 0.180. The van der Waals surface area contributed by atoms with Crippen LogP contribution in [0.5, 0.6) is 17.2 Å². The average molecular weight is 460 g/mol. The van der Waals surface area contributed by atoms with Crippen LogP contribution in [0.3, 0.4) is 0 Å². The van der Waals surface area contributed by atoms with Gasteiger partial charge in [0.25, 0.3) is 0 Å². The Morgan fingerprint density at radius 3 is 2.36 bits per heavy atom. The Hall–Kier alpha value is -1.93. The van der Waals surface area contributed by atoms with E-state index in [1.165, 1.54) is 13.5 Å². The molecule has 3 aliphatic carbocycles. The van der Waals surface area contributed by atoms with E-state index in [1.54, 1.807) is 14.2 Å². The van der Waals surface area contributed by atoms with Crippen LogP contribution in [0.15, 0.2) is 6.07 Å². The molecular weight excluding hydrogens is 423 g/mol. The first-order valence-electron chi connectivity index (χ1n) is 11.9. The average Bonchev–Trinajstić information content (AvgIpc) is 3.17. The first-order chi connectivity index (χ1) is 15.5. The Morgan fingerprint density at radius 2 is 1.79 bits per heavy atom. The Labute approximate surface area is 197 Å². The molecule has 0 N–H and O–H groups in total. The van der Waals surface area contributed by atoms with Crippen molar-refractivity contribution in [3.05, 3.63) is 17.2 Å². The van der Waals surface area contributed by atoms with Crippen LogP contribution in [-0.4, -0.2) is 52.2 Å². The van der Waals surface area contributed by atoms with Gasteiger partial charge in [0, 0.05) is 0 Å². The van der Waals surface area contributed by atoms with Gasteiger partial charge in [-0.2, -0.15) is 0 Å². The molecule has 0 radical (unpaired) electrons. The maximum atomic E-state index is 13.1. The number of ether oxygens (including phenoxy) is 4. The molecule has 182 valence electrons. The van der Waals surface area contributed by atoms with Crippen LogP contribution in [0.2, 0.25) is 6.32 Å². The van der Waals surface area contributed by atoms with Crippen LogP contribution in [0.4, 0.5) is 0 Å². The summed E-state index contributed by atoms with van der Waals surface area (Å²) in [4.78, 5) is 13.1. The smallest absolute Gasteiger partial charge is 0.457 e. The lowest BCUT2D eigenvalue weighted by Crippen LogP contribution is -2.59. The molecule has 1 aromatic carbocycles. The van der Waals surface area contributed by atoms with Crippen molar-refractivity contribution in [2.75, 3.05) is 21.3 Å². The lowest BCUT2D eigenvalue weighted by Gasteiger charge is -2.60. The van der Waals surface area contributed by atoms with E-state index in [2.05, 4.69) is 13.8 Å². The number of benzene rings is 1. The van der Waals surface area contributed by atoms with Crippen molar-refractivity contribution in [3.63, 3.8) is 0 Å². The quantitative estimate of drug-likeness (QED) is 0.437. The van der Waals surface area contributed by atoms with E-state index in [0.717, 1.165) is 17.9 Å². The van der Waals surface area contributed by atoms with Gasteiger partial charge in [0.2, 0.25) is 0 Å². The van der Waals surface area contributed by atoms with E-state index >= 15 is 0 Å². The molecule has 0 amide bonds. The fraction of sp³-hybridized carbons (Fsp3) is 0.720. The molecule has 0 aromatic heterocycles. The Morgan fingerprint density at radius 1 is 1.09 bits per heavy atom. The maximum absolute atomic E-state index is 13.1. The molecule has 33 heavy (non-hydrogen) atoms. The van der Waals surface area contributed by atoms with Crippen molar-refractivity contribution in [2.24, 2.45) is 17.3 Å². The zero-order valence-electron chi connectivity index (χ0n) is 21.2. The maximum Gasteiger partial charge on any atom is 0.457 e. The highest BCUT2D eigenvalue weighted by molar-refractivity contribution is 6.45. The lowest BCUT2D eigenvalue weighted by atomic mass is 9.47. The second-order valence-electron chi connectivity index (χ2n) is 11.0. The van der Waals surface area contributed by atoms with Crippen LogP contribution in [-0.2, 0) is 20.5 Å². The van der Waals surface area contributed by atoms with Crippen LogP contribution in [0.1, 0.15) is 63.4 Å². The molecule has 8 heteroatoms. The standard InChI is InChI=1S/C25H37BO7/c1-24(2,3)31-23(27)19-20(29-7)14(11-17(28-6)22(19)30-8)9-10-26-32-18-13-15-12-16(21(18)33-26)25(15,4)5/h11,15-16,18,21H,9-10,12-13H2,1-8H3. The number of rotatable bonds is 7. The van der Waals surface area contributed by atoms with Crippen molar-refractivity contribution in [1.82, 2.24) is 0 Å². The summed E-state index contributed by atoms with van der Waals surface area (Å²) in [5.41, 5.74) is 0.734. The molecule has 4 fully saturated rings. The third kappa shape index (κ3) is 4.32. The molecule has 3 saturated carbocycles. The van der Waals surface area contributed by atoms with E-state index < -0.39 is 11.6 Å². The van der Waals surface area contributed by atoms with Crippen LogP contribution < -0.4 is 14.2 Å². The van der Waals surface area contributed by atoms with Gasteiger partial charge in [0.1, 0.15) is 16.9 Å². The van der Waals surface area contributed by atoms with Gasteiger partial charge in [-0.05, 0) is 75.2 Å². The summed E-state index contributed by atoms with van der Waals surface area (Å²) in [5, 5.41) is 0. The van der Waals surface area contributed by atoms with Gasteiger partial charge in [-0.15, -0.1) is 0 Å². The van der Waals surface area contributed by atoms with Crippen molar-refractivity contribution in [2.45, 2.75) is 78.0 Å². The summed E-state index contributed by atoms with van der Waals surface area (Å²) in [5.74, 6) is 1.97. The SMILES string of the molecule is COc1cc(CCB2OC3CC4CC(C3O2)C4(C)C)c(OC)c(C(=O)OC(C)(C)C)c1OC. The molecule has 1 heterocycles. The molecular formula is C25H37BO7. The van der Waals surface area contributed by atoms with E-state index in [4.69, 9.17) is 28.3 Å². The summed E-state index contributed by atoms with van der Waals surface area (Å²) in [6, 6.07) is 1.85. The highest BCUT2D eigenvalue weighted by Gasteiger charge is 2.61. The van der Waals surface area contributed by atoms with Gasteiger partial charge in [-0.3, -0.25) is 0 Å². The molecule has 1 aliphatic heterocycles. The third-order valence-electron chi connectivity index (χ3n) is 7.62. The summed E-state index contributed by atoms with van der Waals surface area (Å²) < 4.78 is 35.1. The molecule has 4 aliphatic rings. The molecule has 7 nitrogen and oxygen atoms in total. The number of esters is 1. The zero-order chi connectivity index (χ0) is 24.1. The van der Waals surface area contributed by atoms with Gasteiger partial charge in [-0.25, -0.2) is 4.79 Å². The number of methoxy groups -OCH3 is 3. The van der Waals surface area contributed by atoms with E-state index in [9.17, 15) is 4.79 Å². The largest absolute Gasteiger partial charge is 0.495 e. The number of aryl methyl sites for hydroxylation is 1. The molecule has 2 bridgehead atoms. The predicted molar refractivity (Wildman–Crippen MR) is 125 cm³/mol. The van der Waals surface area contributed by atoms with E-state index in [1.807, 2.05) is 26.8 Å². The second kappa shape index (κ2) is 8.69. The topological polar surface area (TPSA) is 72.5 Å². The van der Waals surface area contributed by atoms with Crippen molar-refractivity contribution in [3.8, 4) is 17.2 Å². The minimum atomic E-state index is -0.660.